The fourth-order valence-electron chi connectivity index (χ4n) is 5.78. The van der Waals surface area contributed by atoms with Gasteiger partial charge in [0.1, 0.15) is 0 Å². The maximum Gasteiger partial charge on any atom is 0.0927 e. The summed E-state index contributed by atoms with van der Waals surface area (Å²) in [4.78, 5) is 0. The fourth-order valence-corrected chi connectivity index (χ4v) is 5.78. The molecular formula is C33H38O4. The maximum absolute atomic E-state index is 6.34. The SMILES string of the molecule is COCC(c1cccc2ccccc12)C(OC)C(OC)C(COC)C(c1ccccc1)c1ccccc1. The van der Waals surface area contributed by atoms with Gasteiger partial charge < -0.3 is 18.9 Å². The Bertz CT molecular complexity index is 1170. The van der Waals surface area contributed by atoms with Gasteiger partial charge in [0, 0.05) is 46.2 Å². The van der Waals surface area contributed by atoms with Crippen LogP contribution in [-0.2, 0) is 18.9 Å². The quantitative estimate of drug-likeness (QED) is 0.206. The van der Waals surface area contributed by atoms with Crippen LogP contribution in [0.3, 0.4) is 0 Å². The van der Waals surface area contributed by atoms with Gasteiger partial charge in [-0.1, -0.05) is 103 Å². The summed E-state index contributed by atoms with van der Waals surface area (Å²) < 4.78 is 24.3. The third-order valence-electron chi connectivity index (χ3n) is 7.36. The van der Waals surface area contributed by atoms with Crippen molar-refractivity contribution in [2.75, 3.05) is 41.7 Å². The third-order valence-corrected chi connectivity index (χ3v) is 7.36. The standard InChI is InChI=1S/C33H38O4/c1-34-22-29(28-21-13-19-24-14-11-12-20-27(24)28)32(36-3)33(37-4)30(23-35-2)31(25-15-7-5-8-16-25)26-17-9-6-10-18-26/h5-21,29-33H,22-23H2,1-4H3. The summed E-state index contributed by atoms with van der Waals surface area (Å²) in [7, 11) is 7.05. The summed E-state index contributed by atoms with van der Waals surface area (Å²) in [5.74, 6) is -0.00246. The topological polar surface area (TPSA) is 36.9 Å². The van der Waals surface area contributed by atoms with Gasteiger partial charge in [-0.25, -0.2) is 0 Å². The van der Waals surface area contributed by atoms with Gasteiger partial charge in [-0.15, -0.1) is 0 Å². The van der Waals surface area contributed by atoms with E-state index in [4.69, 9.17) is 18.9 Å². The Morgan fingerprint density at radius 3 is 1.65 bits per heavy atom. The molecule has 0 heterocycles. The van der Waals surface area contributed by atoms with Crippen molar-refractivity contribution in [2.45, 2.75) is 24.0 Å². The van der Waals surface area contributed by atoms with Crippen molar-refractivity contribution in [1.82, 2.24) is 0 Å². The van der Waals surface area contributed by atoms with Gasteiger partial charge in [-0.05, 0) is 27.5 Å². The van der Waals surface area contributed by atoms with E-state index in [2.05, 4.69) is 103 Å². The first kappa shape index (κ1) is 27.0. The molecule has 4 unspecified atom stereocenters. The first-order valence-corrected chi connectivity index (χ1v) is 12.8. The first-order valence-electron chi connectivity index (χ1n) is 12.8. The molecule has 4 nitrogen and oxygen atoms in total. The lowest BCUT2D eigenvalue weighted by atomic mass is 9.74. The largest absolute Gasteiger partial charge is 0.384 e. The average molecular weight is 499 g/mol. The van der Waals surface area contributed by atoms with Crippen LogP contribution >= 0.6 is 0 Å². The van der Waals surface area contributed by atoms with Gasteiger partial charge >= 0.3 is 0 Å². The van der Waals surface area contributed by atoms with Crippen LogP contribution in [0, 0.1) is 5.92 Å². The zero-order valence-corrected chi connectivity index (χ0v) is 22.2. The number of methoxy groups -OCH3 is 4. The second kappa shape index (κ2) is 13.5. The van der Waals surface area contributed by atoms with Gasteiger partial charge in [0.05, 0.1) is 25.4 Å². The minimum Gasteiger partial charge on any atom is -0.384 e. The lowest BCUT2D eigenvalue weighted by Crippen LogP contribution is -2.45. The summed E-state index contributed by atoms with van der Waals surface area (Å²) in [6.45, 7) is 1.02. The molecule has 0 bridgehead atoms. The molecule has 0 aliphatic rings. The fraction of sp³-hybridized carbons (Fsp3) is 0.333. The highest BCUT2D eigenvalue weighted by molar-refractivity contribution is 5.86. The number of ether oxygens (including phenoxy) is 4. The van der Waals surface area contributed by atoms with Gasteiger partial charge in [-0.2, -0.15) is 0 Å². The normalized spacial score (nSPS) is 14.9. The van der Waals surface area contributed by atoms with E-state index in [9.17, 15) is 0 Å². The molecule has 4 rings (SSSR count). The van der Waals surface area contributed by atoms with E-state index in [1.807, 2.05) is 0 Å². The second-order valence-electron chi connectivity index (χ2n) is 9.45. The van der Waals surface area contributed by atoms with Crippen molar-refractivity contribution >= 4 is 10.8 Å². The van der Waals surface area contributed by atoms with Crippen LogP contribution in [0.4, 0.5) is 0 Å². The molecule has 0 amide bonds. The highest BCUT2D eigenvalue weighted by Crippen LogP contribution is 2.40. The molecule has 4 aromatic rings. The lowest BCUT2D eigenvalue weighted by Gasteiger charge is -2.40. The molecule has 0 saturated heterocycles. The third kappa shape index (κ3) is 6.11. The molecule has 4 heteroatoms. The van der Waals surface area contributed by atoms with Crippen LogP contribution in [-0.4, -0.2) is 53.9 Å². The average Bonchev–Trinajstić information content (AvgIpc) is 2.96. The Balaban J connectivity index is 1.83. The number of rotatable bonds is 13. The Kier molecular flexibility index (Phi) is 9.86. The molecule has 0 aliphatic carbocycles. The molecule has 194 valence electrons. The summed E-state index contributed by atoms with van der Waals surface area (Å²) in [6.07, 6.45) is -0.541. The monoisotopic (exact) mass is 498 g/mol. The molecule has 4 atom stereocenters. The van der Waals surface area contributed by atoms with Gasteiger partial charge in [0.25, 0.3) is 0 Å². The van der Waals surface area contributed by atoms with E-state index in [0.29, 0.717) is 13.2 Å². The van der Waals surface area contributed by atoms with Gasteiger partial charge in [0.15, 0.2) is 0 Å². The van der Waals surface area contributed by atoms with Crippen LogP contribution in [0.5, 0.6) is 0 Å². The minimum atomic E-state index is -0.272. The molecule has 0 aliphatic heterocycles. The van der Waals surface area contributed by atoms with E-state index in [1.54, 1.807) is 28.4 Å². The molecular weight excluding hydrogens is 460 g/mol. The van der Waals surface area contributed by atoms with Crippen molar-refractivity contribution in [3.8, 4) is 0 Å². The Morgan fingerprint density at radius 1 is 0.541 bits per heavy atom. The molecule has 0 fully saturated rings. The van der Waals surface area contributed by atoms with Crippen LogP contribution < -0.4 is 0 Å². The Labute approximate surface area is 221 Å². The van der Waals surface area contributed by atoms with Crippen molar-refractivity contribution in [1.29, 1.82) is 0 Å². The molecule has 0 saturated carbocycles. The van der Waals surface area contributed by atoms with E-state index in [-0.39, 0.29) is 30.0 Å². The maximum atomic E-state index is 6.34. The summed E-state index contributed by atoms with van der Waals surface area (Å²) in [5, 5.41) is 2.40. The Morgan fingerprint density at radius 2 is 1.08 bits per heavy atom. The van der Waals surface area contributed by atoms with Gasteiger partial charge in [0.2, 0.25) is 0 Å². The predicted molar refractivity (Wildman–Crippen MR) is 150 cm³/mol. The van der Waals surface area contributed by atoms with Crippen molar-refractivity contribution < 1.29 is 18.9 Å². The zero-order valence-electron chi connectivity index (χ0n) is 22.2. The molecule has 4 aromatic carbocycles. The number of benzene rings is 4. The lowest BCUT2D eigenvalue weighted by molar-refractivity contribution is -0.0986. The summed E-state index contributed by atoms with van der Waals surface area (Å²) >= 11 is 0. The number of fused-ring (bicyclic) bond motifs is 1. The van der Waals surface area contributed by atoms with Crippen LogP contribution in [0.25, 0.3) is 10.8 Å². The van der Waals surface area contributed by atoms with E-state index >= 15 is 0 Å². The van der Waals surface area contributed by atoms with E-state index in [0.717, 1.165) is 0 Å². The first-order chi connectivity index (χ1) is 18.2. The Hall–Kier alpha value is -3.02. The van der Waals surface area contributed by atoms with Crippen LogP contribution in [0.2, 0.25) is 0 Å². The van der Waals surface area contributed by atoms with Crippen molar-refractivity contribution in [3.63, 3.8) is 0 Å². The molecule has 0 radical (unpaired) electrons. The van der Waals surface area contributed by atoms with Gasteiger partial charge in [-0.3, -0.25) is 0 Å². The molecule has 0 aromatic heterocycles. The zero-order chi connectivity index (χ0) is 26.0. The van der Waals surface area contributed by atoms with Crippen LogP contribution in [0.1, 0.15) is 28.5 Å². The highest BCUT2D eigenvalue weighted by atomic mass is 16.5. The second-order valence-corrected chi connectivity index (χ2v) is 9.45. The summed E-state index contributed by atoms with van der Waals surface area (Å²) in [5.41, 5.74) is 3.64. The van der Waals surface area contributed by atoms with E-state index < -0.39 is 0 Å². The molecule has 0 N–H and O–H groups in total. The van der Waals surface area contributed by atoms with Crippen molar-refractivity contribution in [3.05, 3.63) is 120 Å². The molecule has 0 spiro atoms. The predicted octanol–water partition coefficient (Wildman–Crippen LogP) is 6.69. The number of hydrogen-bond donors (Lipinski definition) is 0. The van der Waals surface area contributed by atoms with E-state index in [1.165, 1.54) is 27.5 Å². The van der Waals surface area contributed by atoms with Crippen molar-refractivity contribution in [2.24, 2.45) is 5.92 Å². The smallest absolute Gasteiger partial charge is 0.0927 e. The minimum absolute atomic E-state index is 0.0147. The highest BCUT2D eigenvalue weighted by Gasteiger charge is 2.41. The summed E-state index contributed by atoms with van der Waals surface area (Å²) in [6, 6.07) is 36.1. The number of hydrogen-bond acceptors (Lipinski definition) is 4. The van der Waals surface area contributed by atoms with Crippen LogP contribution in [0.15, 0.2) is 103 Å². The molecule has 37 heavy (non-hydrogen) atoms.